The zero-order chi connectivity index (χ0) is 21.6. The predicted molar refractivity (Wildman–Crippen MR) is 122 cm³/mol. The summed E-state index contributed by atoms with van der Waals surface area (Å²) in [5.41, 5.74) is 5.24. The van der Waals surface area contributed by atoms with E-state index in [4.69, 9.17) is 9.72 Å². The number of ether oxygens (including phenoxy) is 1. The molecule has 5 nitrogen and oxygen atoms in total. The first kappa shape index (κ1) is 21.0. The summed E-state index contributed by atoms with van der Waals surface area (Å²) in [6, 6.07) is 15.3. The maximum absolute atomic E-state index is 13.1. The Bertz CT molecular complexity index is 1090. The number of aryl methyl sites for hydroxylation is 2. The van der Waals surface area contributed by atoms with Crippen LogP contribution in [-0.4, -0.2) is 23.5 Å². The molecule has 1 aromatic heterocycles. The molecular weight excluding hydrogens is 388 g/mol. The van der Waals surface area contributed by atoms with Crippen LogP contribution < -0.4 is 5.32 Å². The third kappa shape index (κ3) is 4.93. The van der Waals surface area contributed by atoms with Gasteiger partial charge in [0.05, 0.1) is 11.1 Å². The number of fused-ring (bicyclic) bond motifs is 2. The van der Waals surface area contributed by atoms with Crippen LogP contribution in [0.1, 0.15) is 59.8 Å². The van der Waals surface area contributed by atoms with Crippen molar-refractivity contribution in [2.24, 2.45) is 0 Å². The minimum Gasteiger partial charge on any atom is -0.452 e. The van der Waals surface area contributed by atoms with E-state index in [9.17, 15) is 9.59 Å². The Morgan fingerprint density at radius 2 is 1.71 bits per heavy atom. The summed E-state index contributed by atoms with van der Waals surface area (Å²) in [7, 11) is 0. The third-order valence-electron chi connectivity index (χ3n) is 5.85. The second-order valence-corrected chi connectivity index (χ2v) is 8.02. The molecule has 2 aromatic carbocycles. The van der Waals surface area contributed by atoms with Gasteiger partial charge in [0.2, 0.25) is 0 Å². The fourth-order valence-electron chi connectivity index (χ4n) is 4.18. The summed E-state index contributed by atoms with van der Waals surface area (Å²) >= 11 is 0. The number of para-hydroxylation sites is 1. The first-order valence-corrected chi connectivity index (χ1v) is 11.1. The second kappa shape index (κ2) is 9.73. The summed E-state index contributed by atoms with van der Waals surface area (Å²) in [5.74, 6) is -0.800. The molecule has 0 saturated carbocycles. The van der Waals surface area contributed by atoms with Gasteiger partial charge in [-0.15, -0.1) is 0 Å². The predicted octanol–water partition coefficient (Wildman–Crippen LogP) is 5.25. The number of nitrogens with one attached hydrogen (secondary N) is 1. The van der Waals surface area contributed by atoms with Crippen LogP contribution in [0.3, 0.4) is 0 Å². The Labute approximate surface area is 182 Å². The van der Waals surface area contributed by atoms with E-state index in [-0.39, 0.29) is 12.5 Å². The number of amides is 1. The largest absolute Gasteiger partial charge is 0.452 e. The maximum atomic E-state index is 13.1. The minimum absolute atomic E-state index is 0.320. The van der Waals surface area contributed by atoms with Crippen LogP contribution in [-0.2, 0) is 28.8 Å². The molecular formula is C26H28N2O3. The lowest BCUT2D eigenvalue weighted by Gasteiger charge is -2.18. The van der Waals surface area contributed by atoms with E-state index in [1.54, 1.807) is 0 Å². The highest BCUT2D eigenvalue weighted by Crippen LogP contribution is 2.29. The molecule has 1 aliphatic rings. The zero-order valence-electron chi connectivity index (χ0n) is 17.9. The van der Waals surface area contributed by atoms with Crippen molar-refractivity contribution >= 4 is 28.5 Å². The number of anilines is 1. The molecule has 160 valence electrons. The number of hydrogen-bond acceptors (Lipinski definition) is 4. The zero-order valence-corrected chi connectivity index (χ0v) is 17.9. The Morgan fingerprint density at radius 1 is 0.968 bits per heavy atom. The average Bonchev–Trinajstić information content (AvgIpc) is 2.77. The van der Waals surface area contributed by atoms with Crippen LogP contribution in [0.15, 0.2) is 48.5 Å². The number of nitrogens with zero attached hydrogens (tertiary/aromatic N) is 1. The van der Waals surface area contributed by atoms with Crippen molar-refractivity contribution in [1.82, 2.24) is 4.98 Å². The topological polar surface area (TPSA) is 68.3 Å². The fraction of sp³-hybridized carbons (Fsp3) is 0.346. The van der Waals surface area contributed by atoms with Crippen molar-refractivity contribution in [1.29, 1.82) is 0 Å². The fourth-order valence-corrected chi connectivity index (χ4v) is 4.18. The smallest absolute Gasteiger partial charge is 0.339 e. The maximum Gasteiger partial charge on any atom is 0.339 e. The number of carbonyl (C=O) groups excluding carboxylic acids is 2. The Kier molecular flexibility index (Phi) is 6.60. The van der Waals surface area contributed by atoms with Crippen molar-refractivity contribution in [3.05, 3.63) is 70.9 Å². The van der Waals surface area contributed by atoms with Crippen LogP contribution in [0.25, 0.3) is 10.9 Å². The van der Waals surface area contributed by atoms with Gasteiger partial charge in [-0.2, -0.15) is 0 Å². The summed E-state index contributed by atoms with van der Waals surface area (Å²) in [5, 5.41) is 3.58. The standard InChI is InChI=1S/C26H28N2O3/c1-2-18-13-15-19(16-14-18)27-24(29)17-31-26(30)25-20-9-5-3-4-6-11-22(20)28-23-12-8-7-10-21(23)25/h7-8,10,12-16H,2-6,9,11,17H2,1H3,(H,27,29). The van der Waals surface area contributed by atoms with Gasteiger partial charge in [-0.25, -0.2) is 4.79 Å². The van der Waals surface area contributed by atoms with E-state index in [2.05, 4.69) is 12.2 Å². The number of carbonyl (C=O) groups is 2. The highest BCUT2D eigenvalue weighted by atomic mass is 16.5. The van der Waals surface area contributed by atoms with Crippen LogP contribution >= 0.6 is 0 Å². The number of hydrogen-bond donors (Lipinski definition) is 1. The average molecular weight is 417 g/mol. The van der Waals surface area contributed by atoms with Gasteiger partial charge in [0, 0.05) is 16.8 Å². The van der Waals surface area contributed by atoms with E-state index >= 15 is 0 Å². The van der Waals surface area contributed by atoms with Crippen molar-refractivity contribution in [3.8, 4) is 0 Å². The number of rotatable bonds is 5. The van der Waals surface area contributed by atoms with E-state index in [1.165, 1.54) is 12.0 Å². The molecule has 1 N–H and O–H groups in total. The molecule has 0 atom stereocenters. The summed E-state index contributed by atoms with van der Waals surface area (Å²) in [6.45, 7) is 1.76. The molecule has 3 aromatic rings. The van der Waals surface area contributed by atoms with Gasteiger partial charge < -0.3 is 10.1 Å². The van der Waals surface area contributed by atoms with Gasteiger partial charge in [0.1, 0.15) is 0 Å². The van der Waals surface area contributed by atoms with Gasteiger partial charge in [0.15, 0.2) is 6.61 Å². The Balaban J connectivity index is 1.53. The molecule has 0 aliphatic heterocycles. The first-order valence-electron chi connectivity index (χ1n) is 11.1. The van der Waals surface area contributed by atoms with Gasteiger partial charge in [-0.05, 0) is 61.4 Å². The molecule has 0 radical (unpaired) electrons. The lowest BCUT2D eigenvalue weighted by Crippen LogP contribution is -2.22. The number of esters is 1. The van der Waals surface area contributed by atoms with Gasteiger partial charge in [0.25, 0.3) is 5.91 Å². The molecule has 1 amide bonds. The van der Waals surface area contributed by atoms with Crippen molar-refractivity contribution in [2.45, 2.75) is 51.9 Å². The van der Waals surface area contributed by atoms with E-state index in [0.29, 0.717) is 11.3 Å². The monoisotopic (exact) mass is 416 g/mol. The number of benzene rings is 2. The number of aromatic nitrogens is 1. The van der Waals surface area contributed by atoms with Crippen molar-refractivity contribution in [3.63, 3.8) is 0 Å². The van der Waals surface area contributed by atoms with Crippen LogP contribution in [0.5, 0.6) is 0 Å². The molecule has 0 unspecified atom stereocenters. The van der Waals surface area contributed by atoms with Crippen LogP contribution in [0, 0.1) is 0 Å². The molecule has 5 heteroatoms. The van der Waals surface area contributed by atoms with Crippen molar-refractivity contribution in [2.75, 3.05) is 11.9 Å². The molecule has 0 fully saturated rings. The van der Waals surface area contributed by atoms with Gasteiger partial charge >= 0.3 is 5.97 Å². The summed E-state index contributed by atoms with van der Waals surface area (Å²) < 4.78 is 5.47. The lowest BCUT2D eigenvalue weighted by atomic mass is 9.91. The second-order valence-electron chi connectivity index (χ2n) is 8.02. The Hall–Kier alpha value is -3.21. The first-order chi connectivity index (χ1) is 15.2. The third-order valence-corrected chi connectivity index (χ3v) is 5.85. The quantitative estimate of drug-likeness (QED) is 0.577. The Morgan fingerprint density at radius 3 is 2.48 bits per heavy atom. The number of pyridine rings is 1. The molecule has 0 spiro atoms. The molecule has 1 aliphatic carbocycles. The molecule has 1 heterocycles. The summed E-state index contributed by atoms with van der Waals surface area (Å²) in [4.78, 5) is 30.3. The van der Waals surface area contributed by atoms with E-state index < -0.39 is 5.97 Å². The molecule has 4 rings (SSSR count). The van der Waals surface area contributed by atoms with Crippen LogP contribution in [0.4, 0.5) is 5.69 Å². The van der Waals surface area contributed by atoms with Crippen LogP contribution in [0.2, 0.25) is 0 Å². The lowest BCUT2D eigenvalue weighted by molar-refractivity contribution is -0.119. The van der Waals surface area contributed by atoms with Gasteiger partial charge in [-0.3, -0.25) is 9.78 Å². The highest BCUT2D eigenvalue weighted by Gasteiger charge is 2.23. The van der Waals surface area contributed by atoms with Gasteiger partial charge in [-0.1, -0.05) is 50.1 Å². The summed E-state index contributed by atoms with van der Waals surface area (Å²) in [6.07, 6.45) is 7.07. The van der Waals surface area contributed by atoms with Crippen molar-refractivity contribution < 1.29 is 14.3 Å². The normalized spacial score (nSPS) is 13.7. The highest BCUT2D eigenvalue weighted by molar-refractivity contribution is 6.06. The molecule has 0 saturated heterocycles. The van der Waals surface area contributed by atoms with E-state index in [1.807, 2.05) is 48.5 Å². The molecule has 31 heavy (non-hydrogen) atoms. The SMILES string of the molecule is CCc1ccc(NC(=O)COC(=O)c2c3c(nc4ccccc24)CCCCCC3)cc1. The minimum atomic E-state index is -0.452. The van der Waals surface area contributed by atoms with E-state index in [0.717, 1.165) is 60.7 Å². The molecule has 0 bridgehead atoms.